The van der Waals surface area contributed by atoms with Gasteiger partial charge in [0.15, 0.2) is 0 Å². The zero-order chi connectivity index (χ0) is 19.4. The van der Waals surface area contributed by atoms with Gasteiger partial charge in [0.2, 0.25) is 0 Å². The lowest BCUT2D eigenvalue weighted by molar-refractivity contribution is 0.0816. The molecule has 0 saturated heterocycles. The van der Waals surface area contributed by atoms with Crippen LogP contribution in [0.2, 0.25) is 0 Å². The minimum atomic E-state index is -2.52. The van der Waals surface area contributed by atoms with Crippen molar-refractivity contribution in [2.24, 2.45) is 0 Å². The van der Waals surface area contributed by atoms with Crippen LogP contribution in [0.25, 0.3) is 11.0 Å². The van der Waals surface area contributed by atoms with Crippen LogP contribution in [0.5, 0.6) is 5.75 Å². The van der Waals surface area contributed by atoms with E-state index in [1.54, 1.807) is 19.1 Å². The van der Waals surface area contributed by atoms with E-state index in [0.717, 1.165) is 34.2 Å². The smallest absolute Gasteiger partial charge is 0.336 e. The summed E-state index contributed by atoms with van der Waals surface area (Å²) in [6, 6.07) is 12.6. The monoisotopic (exact) mass is 373 g/mol. The molecule has 0 fully saturated rings. The van der Waals surface area contributed by atoms with Crippen molar-refractivity contribution in [1.82, 2.24) is 0 Å². The first kappa shape index (κ1) is 18.9. The first-order chi connectivity index (χ1) is 13.0. The van der Waals surface area contributed by atoms with Gasteiger partial charge < -0.3 is 14.5 Å². The fourth-order valence-corrected chi connectivity index (χ4v) is 2.86. The molecule has 142 valence electrons. The summed E-state index contributed by atoms with van der Waals surface area (Å²) in [7, 11) is 0. The highest BCUT2D eigenvalue weighted by molar-refractivity contribution is 5.81. The van der Waals surface area contributed by atoms with Crippen molar-refractivity contribution in [3.63, 3.8) is 0 Å². The van der Waals surface area contributed by atoms with E-state index in [4.69, 9.17) is 9.15 Å². The first-order valence-corrected chi connectivity index (χ1v) is 8.77. The molecule has 3 rings (SSSR count). The topological polar surface area (TPSA) is 51.5 Å². The Balaban J connectivity index is 1.82. The lowest BCUT2D eigenvalue weighted by Gasteiger charge is -2.13. The molecule has 0 atom stereocenters. The van der Waals surface area contributed by atoms with E-state index in [0.29, 0.717) is 17.9 Å². The number of fused-ring (bicyclic) bond motifs is 1. The molecule has 27 heavy (non-hydrogen) atoms. The second kappa shape index (κ2) is 8.20. The van der Waals surface area contributed by atoms with Crippen LogP contribution in [0.1, 0.15) is 23.6 Å². The molecule has 0 radical (unpaired) electrons. The minimum Gasteiger partial charge on any atom is -0.487 e. The summed E-state index contributed by atoms with van der Waals surface area (Å²) in [6.07, 6.45) is -1.67. The number of anilines is 1. The standard InChI is InChI=1S/C21H21F2NO3/c1-3-14-5-7-17-15(9-21(25)27-19(17)8-14)11-24-16-6-4-13(2)18(10-16)26-12-20(22)23/h4-10,20,24H,3,11-12H2,1-2H3. The van der Waals surface area contributed by atoms with E-state index in [9.17, 15) is 13.6 Å². The molecule has 6 heteroatoms. The average molecular weight is 373 g/mol. The predicted octanol–water partition coefficient (Wildman–Crippen LogP) is 4.92. The molecule has 2 aromatic carbocycles. The summed E-state index contributed by atoms with van der Waals surface area (Å²) in [5.41, 5.74) is 3.55. The minimum absolute atomic E-state index is 0.394. The van der Waals surface area contributed by atoms with Crippen LogP contribution in [0, 0.1) is 6.92 Å². The molecule has 3 aromatic rings. The lowest BCUT2D eigenvalue weighted by atomic mass is 10.1. The second-order valence-electron chi connectivity index (χ2n) is 6.31. The zero-order valence-electron chi connectivity index (χ0n) is 15.2. The number of halogens is 2. The molecular formula is C21H21F2NO3. The van der Waals surface area contributed by atoms with Crippen molar-refractivity contribution >= 4 is 16.7 Å². The Morgan fingerprint density at radius 2 is 1.96 bits per heavy atom. The lowest BCUT2D eigenvalue weighted by Crippen LogP contribution is -2.09. The number of hydrogen-bond donors (Lipinski definition) is 1. The van der Waals surface area contributed by atoms with Gasteiger partial charge in [-0.05, 0) is 42.2 Å². The average Bonchev–Trinajstić information content (AvgIpc) is 2.65. The number of rotatable bonds is 7. The van der Waals surface area contributed by atoms with Crippen LogP contribution in [-0.2, 0) is 13.0 Å². The van der Waals surface area contributed by atoms with Gasteiger partial charge in [-0.15, -0.1) is 0 Å². The van der Waals surface area contributed by atoms with Gasteiger partial charge >= 0.3 is 5.63 Å². The number of hydrogen-bond acceptors (Lipinski definition) is 4. The second-order valence-corrected chi connectivity index (χ2v) is 6.31. The number of alkyl halides is 2. The van der Waals surface area contributed by atoms with Crippen molar-refractivity contribution in [1.29, 1.82) is 0 Å². The highest BCUT2D eigenvalue weighted by Crippen LogP contribution is 2.25. The molecule has 0 amide bonds. The Morgan fingerprint density at radius 3 is 2.70 bits per heavy atom. The molecule has 1 heterocycles. The van der Waals surface area contributed by atoms with Gasteiger partial charge in [0.1, 0.15) is 17.9 Å². The largest absolute Gasteiger partial charge is 0.487 e. The van der Waals surface area contributed by atoms with Crippen LogP contribution < -0.4 is 15.7 Å². The van der Waals surface area contributed by atoms with Gasteiger partial charge in [-0.2, -0.15) is 0 Å². The van der Waals surface area contributed by atoms with Crippen LogP contribution in [0.3, 0.4) is 0 Å². The van der Waals surface area contributed by atoms with E-state index < -0.39 is 18.7 Å². The molecule has 1 aromatic heterocycles. The maximum Gasteiger partial charge on any atom is 0.336 e. The molecule has 0 unspecified atom stereocenters. The Hall–Kier alpha value is -2.89. The highest BCUT2D eigenvalue weighted by Gasteiger charge is 2.09. The van der Waals surface area contributed by atoms with Crippen LogP contribution >= 0.6 is 0 Å². The molecule has 0 saturated carbocycles. The maximum atomic E-state index is 12.4. The van der Waals surface area contributed by atoms with E-state index in [2.05, 4.69) is 5.32 Å². The van der Waals surface area contributed by atoms with Gasteiger partial charge in [0, 0.05) is 29.8 Å². The van der Waals surface area contributed by atoms with E-state index in [1.165, 1.54) is 6.07 Å². The van der Waals surface area contributed by atoms with Crippen molar-refractivity contribution in [2.45, 2.75) is 33.2 Å². The maximum absolute atomic E-state index is 12.4. The fourth-order valence-electron chi connectivity index (χ4n) is 2.86. The number of aryl methyl sites for hydroxylation is 2. The van der Waals surface area contributed by atoms with Crippen LogP contribution in [0.4, 0.5) is 14.5 Å². The number of nitrogens with one attached hydrogen (secondary N) is 1. The molecular weight excluding hydrogens is 352 g/mol. The molecule has 0 aliphatic heterocycles. The quantitative estimate of drug-likeness (QED) is 0.597. The summed E-state index contributed by atoms with van der Waals surface area (Å²) < 4.78 is 35.2. The summed E-state index contributed by atoms with van der Waals surface area (Å²) in [6.45, 7) is 3.58. The summed E-state index contributed by atoms with van der Waals surface area (Å²) in [5, 5.41) is 4.08. The highest BCUT2D eigenvalue weighted by atomic mass is 19.3. The van der Waals surface area contributed by atoms with Crippen molar-refractivity contribution in [2.75, 3.05) is 11.9 Å². The number of ether oxygens (including phenoxy) is 1. The molecule has 0 bridgehead atoms. The van der Waals surface area contributed by atoms with Crippen molar-refractivity contribution in [3.8, 4) is 5.75 Å². The van der Waals surface area contributed by atoms with Crippen molar-refractivity contribution < 1.29 is 17.9 Å². The van der Waals surface area contributed by atoms with Gasteiger partial charge in [-0.1, -0.05) is 25.1 Å². The predicted molar refractivity (Wildman–Crippen MR) is 102 cm³/mol. The van der Waals surface area contributed by atoms with Crippen LogP contribution in [0.15, 0.2) is 51.7 Å². The zero-order valence-corrected chi connectivity index (χ0v) is 15.2. The van der Waals surface area contributed by atoms with E-state index >= 15 is 0 Å². The molecule has 0 spiro atoms. The van der Waals surface area contributed by atoms with Gasteiger partial charge in [-0.25, -0.2) is 13.6 Å². The number of benzene rings is 2. The Morgan fingerprint density at radius 1 is 1.15 bits per heavy atom. The Bertz CT molecular complexity index is 998. The molecule has 0 aliphatic carbocycles. The normalized spacial score (nSPS) is 11.1. The van der Waals surface area contributed by atoms with Gasteiger partial charge in [-0.3, -0.25) is 0 Å². The third-order valence-electron chi connectivity index (χ3n) is 4.34. The summed E-state index contributed by atoms with van der Waals surface area (Å²) >= 11 is 0. The summed E-state index contributed by atoms with van der Waals surface area (Å²) in [5.74, 6) is 0.408. The van der Waals surface area contributed by atoms with Crippen molar-refractivity contribution in [3.05, 3.63) is 69.6 Å². The van der Waals surface area contributed by atoms with E-state index in [-0.39, 0.29) is 0 Å². The fraction of sp³-hybridized carbons (Fsp3) is 0.286. The molecule has 0 aliphatic rings. The first-order valence-electron chi connectivity index (χ1n) is 8.77. The Kier molecular flexibility index (Phi) is 5.74. The molecule has 4 nitrogen and oxygen atoms in total. The SMILES string of the molecule is CCc1ccc2c(CNc3ccc(C)c(OCC(F)F)c3)cc(=O)oc2c1. The summed E-state index contributed by atoms with van der Waals surface area (Å²) in [4.78, 5) is 11.9. The van der Waals surface area contributed by atoms with Gasteiger partial charge in [0.25, 0.3) is 6.43 Å². The van der Waals surface area contributed by atoms with E-state index in [1.807, 2.05) is 31.2 Å². The van der Waals surface area contributed by atoms with Gasteiger partial charge in [0.05, 0.1) is 0 Å². The Labute approximate surface area is 155 Å². The third kappa shape index (κ3) is 4.64. The third-order valence-corrected chi connectivity index (χ3v) is 4.34. The van der Waals surface area contributed by atoms with Crippen LogP contribution in [-0.4, -0.2) is 13.0 Å². The molecule has 1 N–H and O–H groups in total.